The summed E-state index contributed by atoms with van der Waals surface area (Å²) in [6.07, 6.45) is 0.197. The molecule has 0 unspecified atom stereocenters. The molecule has 0 heterocycles. The number of amidine groups is 1. The van der Waals surface area contributed by atoms with E-state index in [1.165, 1.54) is 18.2 Å². The van der Waals surface area contributed by atoms with Gasteiger partial charge in [0.2, 0.25) is 5.75 Å². The smallest absolute Gasteiger partial charge is 0.312 e. The highest BCUT2D eigenvalue weighted by Gasteiger charge is 2.17. The van der Waals surface area contributed by atoms with Crippen LogP contribution in [0.2, 0.25) is 5.02 Å². The van der Waals surface area contributed by atoms with Gasteiger partial charge < -0.3 is 10.5 Å². The summed E-state index contributed by atoms with van der Waals surface area (Å²) in [7, 11) is 0. The van der Waals surface area contributed by atoms with Crippen LogP contribution in [0.4, 0.5) is 5.69 Å². The molecule has 0 fully saturated rings. The van der Waals surface area contributed by atoms with Gasteiger partial charge in [0.15, 0.2) is 0 Å². The van der Waals surface area contributed by atoms with Gasteiger partial charge in [-0.05, 0) is 6.07 Å². The second-order valence-corrected chi connectivity index (χ2v) is 3.38. The van der Waals surface area contributed by atoms with Gasteiger partial charge in [-0.1, -0.05) is 17.7 Å². The number of nitrogens with zero attached hydrogens (tertiary/aromatic N) is 1. The largest absolute Gasteiger partial charge is 0.485 e. The number of nitrogens with two attached hydrogens (primary N) is 1. The molecule has 6 nitrogen and oxygen atoms in total. The molecule has 0 radical (unpaired) electrons. The Bertz CT molecular complexity index is 422. The highest BCUT2D eigenvalue weighted by Crippen LogP contribution is 2.34. The highest BCUT2D eigenvalue weighted by atomic mass is 35.5. The van der Waals surface area contributed by atoms with Crippen molar-refractivity contribution in [2.45, 2.75) is 6.42 Å². The molecular weight excluding hydrogens is 234 g/mol. The Kier molecular flexibility index (Phi) is 4.07. The lowest BCUT2D eigenvalue weighted by Gasteiger charge is -2.07. The Morgan fingerprint density at radius 3 is 2.88 bits per heavy atom. The molecule has 0 bridgehead atoms. The summed E-state index contributed by atoms with van der Waals surface area (Å²) in [6, 6.07) is 4.27. The van der Waals surface area contributed by atoms with Gasteiger partial charge in [-0.3, -0.25) is 15.5 Å². The van der Waals surface area contributed by atoms with Crippen molar-refractivity contribution in [2.24, 2.45) is 5.73 Å². The van der Waals surface area contributed by atoms with Crippen LogP contribution in [0.1, 0.15) is 6.42 Å². The topological polar surface area (TPSA) is 102 Å². The van der Waals surface area contributed by atoms with E-state index in [9.17, 15) is 10.1 Å². The lowest BCUT2D eigenvalue weighted by atomic mass is 10.3. The fourth-order valence-corrected chi connectivity index (χ4v) is 1.27. The molecule has 0 saturated carbocycles. The molecule has 0 atom stereocenters. The zero-order chi connectivity index (χ0) is 12.1. The first-order valence-electron chi connectivity index (χ1n) is 4.41. The quantitative estimate of drug-likeness (QED) is 0.357. The van der Waals surface area contributed by atoms with Gasteiger partial charge in [-0.25, -0.2) is 0 Å². The number of halogens is 1. The van der Waals surface area contributed by atoms with Gasteiger partial charge in [-0.15, -0.1) is 0 Å². The summed E-state index contributed by atoms with van der Waals surface area (Å²) in [5.41, 5.74) is 4.93. The Labute approximate surface area is 96.6 Å². The molecule has 0 aliphatic heterocycles. The van der Waals surface area contributed by atoms with Crippen molar-refractivity contribution in [3.8, 4) is 5.75 Å². The van der Waals surface area contributed by atoms with E-state index in [2.05, 4.69) is 0 Å². The van der Waals surface area contributed by atoms with Crippen molar-refractivity contribution in [1.82, 2.24) is 0 Å². The van der Waals surface area contributed by atoms with E-state index >= 15 is 0 Å². The highest BCUT2D eigenvalue weighted by molar-refractivity contribution is 6.32. The van der Waals surface area contributed by atoms with Gasteiger partial charge in [0.1, 0.15) is 0 Å². The van der Waals surface area contributed by atoms with E-state index in [-0.39, 0.29) is 35.3 Å². The van der Waals surface area contributed by atoms with Crippen LogP contribution in [0.3, 0.4) is 0 Å². The second-order valence-electron chi connectivity index (χ2n) is 2.97. The Balaban J connectivity index is 2.84. The first-order valence-corrected chi connectivity index (χ1v) is 4.78. The molecular formula is C9H10ClN3O3. The maximum atomic E-state index is 10.7. The Morgan fingerprint density at radius 2 is 2.31 bits per heavy atom. The zero-order valence-corrected chi connectivity index (χ0v) is 9.03. The standard InChI is InChI=1S/C9H10ClN3O3/c10-6-2-1-3-7(13(14)15)9(6)16-5-4-8(11)12/h1-3H,4-5H2,(H3,11,12). The molecule has 7 heteroatoms. The minimum Gasteiger partial charge on any atom is -0.485 e. The second kappa shape index (κ2) is 5.32. The van der Waals surface area contributed by atoms with Crippen LogP contribution in [0, 0.1) is 15.5 Å². The van der Waals surface area contributed by atoms with Gasteiger partial charge in [0.05, 0.1) is 22.4 Å². The van der Waals surface area contributed by atoms with Crippen LogP contribution >= 0.6 is 11.6 Å². The number of hydrogen-bond donors (Lipinski definition) is 2. The van der Waals surface area contributed by atoms with Crippen LogP contribution in [0.15, 0.2) is 18.2 Å². The molecule has 16 heavy (non-hydrogen) atoms. The Hall–Kier alpha value is -1.82. The molecule has 0 aliphatic carbocycles. The normalized spacial score (nSPS) is 9.81. The van der Waals surface area contributed by atoms with Gasteiger partial charge in [0.25, 0.3) is 0 Å². The average Bonchev–Trinajstić information content (AvgIpc) is 2.19. The van der Waals surface area contributed by atoms with Gasteiger partial charge >= 0.3 is 5.69 Å². The van der Waals surface area contributed by atoms with Crippen molar-refractivity contribution >= 4 is 23.1 Å². The minimum absolute atomic E-state index is 0.00965. The van der Waals surface area contributed by atoms with E-state index < -0.39 is 4.92 Å². The monoisotopic (exact) mass is 243 g/mol. The van der Waals surface area contributed by atoms with Crippen molar-refractivity contribution in [1.29, 1.82) is 5.41 Å². The molecule has 86 valence electrons. The third-order valence-electron chi connectivity index (χ3n) is 1.76. The van der Waals surface area contributed by atoms with E-state index in [1.54, 1.807) is 0 Å². The van der Waals surface area contributed by atoms with Crippen molar-refractivity contribution in [3.05, 3.63) is 33.3 Å². The summed E-state index contributed by atoms with van der Waals surface area (Å²) in [6.45, 7) is 0.0832. The SMILES string of the molecule is N=C(N)CCOc1c(Cl)cccc1[N+](=O)[O-]. The molecule has 1 aromatic rings. The molecule has 1 aromatic carbocycles. The van der Waals surface area contributed by atoms with Gasteiger partial charge in [0, 0.05) is 12.5 Å². The number of hydrogen-bond acceptors (Lipinski definition) is 4. The van der Waals surface area contributed by atoms with Crippen molar-refractivity contribution < 1.29 is 9.66 Å². The van der Waals surface area contributed by atoms with E-state index in [0.29, 0.717) is 0 Å². The number of para-hydroxylation sites is 1. The van der Waals surface area contributed by atoms with Crippen molar-refractivity contribution in [2.75, 3.05) is 6.61 Å². The number of nitrogens with one attached hydrogen (secondary N) is 1. The predicted octanol–water partition coefficient (Wildman–Crippen LogP) is 1.95. The summed E-state index contributed by atoms with van der Waals surface area (Å²) < 4.78 is 5.15. The van der Waals surface area contributed by atoms with Crippen molar-refractivity contribution in [3.63, 3.8) is 0 Å². The summed E-state index contributed by atoms with van der Waals surface area (Å²) in [5, 5.41) is 17.8. The van der Waals surface area contributed by atoms with Crippen LogP contribution in [-0.2, 0) is 0 Å². The van der Waals surface area contributed by atoms with Gasteiger partial charge in [-0.2, -0.15) is 0 Å². The van der Waals surface area contributed by atoms with Crippen LogP contribution < -0.4 is 10.5 Å². The molecule has 0 saturated heterocycles. The number of benzene rings is 1. The third-order valence-corrected chi connectivity index (χ3v) is 2.06. The number of rotatable bonds is 5. The lowest BCUT2D eigenvalue weighted by molar-refractivity contribution is -0.385. The predicted molar refractivity (Wildman–Crippen MR) is 60.1 cm³/mol. The van der Waals surface area contributed by atoms with E-state index in [0.717, 1.165) is 0 Å². The molecule has 0 aromatic heterocycles. The first kappa shape index (κ1) is 12.3. The van der Waals surface area contributed by atoms with Crippen LogP contribution in [0.5, 0.6) is 5.75 Å². The number of ether oxygens (including phenoxy) is 1. The summed E-state index contributed by atoms with van der Waals surface area (Å²) >= 11 is 5.77. The van der Waals surface area contributed by atoms with Crippen LogP contribution in [0.25, 0.3) is 0 Å². The third kappa shape index (κ3) is 3.09. The van der Waals surface area contributed by atoms with Crippen LogP contribution in [-0.4, -0.2) is 17.4 Å². The molecule has 0 spiro atoms. The van der Waals surface area contributed by atoms with E-state index in [1.807, 2.05) is 0 Å². The summed E-state index contributed by atoms with van der Waals surface area (Å²) in [4.78, 5) is 10.1. The first-order chi connectivity index (χ1) is 7.52. The average molecular weight is 244 g/mol. The molecule has 1 rings (SSSR count). The fourth-order valence-electron chi connectivity index (χ4n) is 1.05. The Morgan fingerprint density at radius 1 is 1.62 bits per heavy atom. The molecule has 0 amide bonds. The molecule has 0 aliphatic rings. The number of nitro benzene ring substituents is 1. The maximum Gasteiger partial charge on any atom is 0.312 e. The number of nitro groups is 1. The lowest BCUT2D eigenvalue weighted by Crippen LogP contribution is -2.14. The van der Waals surface area contributed by atoms with E-state index in [4.69, 9.17) is 27.5 Å². The summed E-state index contributed by atoms with van der Waals surface area (Å²) in [5.74, 6) is -0.0369. The molecule has 3 N–H and O–H groups in total. The zero-order valence-electron chi connectivity index (χ0n) is 8.27. The maximum absolute atomic E-state index is 10.7. The minimum atomic E-state index is -0.574. The fraction of sp³-hybridized carbons (Fsp3) is 0.222.